The molecule has 0 bridgehead atoms. The summed E-state index contributed by atoms with van der Waals surface area (Å²) in [6.45, 7) is 0. The number of nitrogens with one attached hydrogen (secondary N) is 1. The molecule has 1 aromatic heterocycles. The molecule has 118 valence electrons. The van der Waals surface area contributed by atoms with Crippen LogP contribution in [0.25, 0.3) is 11.1 Å². The largest absolute Gasteiger partial charge is 0.351 e. The van der Waals surface area contributed by atoms with Gasteiger partial charge in [-0.15, -0.1) is 0 Å². The second-order valence-electron chi connectivity index (χ2n) is 5.87. The molecule has 0 unspecified atom stereocenters. The molecule has 0 aliphatic carbocycles. The molecule has 0 amide bonds. The number of benzene rings is 3. The lowest BCUT2D eigenvalue weighted by Crippen LogP contribution is -2.00. The van der Waals surface area contributed by atoms with Crippen molar-refractivity contribution in [3.8, 4) is 11.1 Å². The highest BCUT2D eigenvalue weighted by molar-refractivity contribution is 5.86. The molecular weight excluding hydrogens is 308 g/mol. The summed E-state index contributed by atoms with van der Waals surface area (Å²) in [7, 11) is 0. The fourth-order valence-electron chi connectivity index (χ4n) is 3.32. The average Bonchev–Trinajstić information content (AvgIpc) is 3.39. The molecule has 2 aliphatic rings. The quantitative estimate of drug-likeness (QED) is 0.456. The third kappa shape index (κ3) is 2.19. The first-order chi connectivity index (χ1) is 12.4. The van der Waals surface area contributed by atoms with E-state index in [1.807, 2.05) is 12.1 Å². The van der Waals surface area contributed by atoms with E-state index in [-0.39, 0.29) is 0 Å². The lowest BCUT2D eigenvalue weighted by molar-refractivity contribution is 1.31. The zero-order valence-corrected chi connectivity index (χ0v) is 13.3. The van der Waals surface area contributed by atoms with Crippen LogP contribution in [0.2, 0.25) is 0 Å². The first-order valence-corrected chi connectivity index (χ1v) is 8.14. The van der Waals surface area contributed by atoms with Gasteiger partial charge >= 0.3 is 0 Å². The van der Waals surface area contributed by atoms with Gasteiger partial charge in [0.15, 0.2) is 0 Å². The molecule has 3 heterocycles. The number of aromatic nitrogens is 2. The molecule has 0 fully saturated rings. The number of nitrogens with zero attached hydrogens (tertiary/aromatic N) is 3. The highest BCUT2D eigenvalue weighted by Gasteiger charge is 2.19. The highest BCUT2D eigenvalue weighted by atomic mass is 14.8. The smallest absolute Gasteiger partial charge is 0.0919 e. The number of hydrogen-bond donors (Lipinski definition) is 1. The van der Waals surface area contributed by atoms with Crippen LogP contribution in [0.3, 0.4) is 0 Å². The van der Waals surface area contributed by atoms with Crippen molar-refractivity contribution >= 4 is 11.4 Å². The van der Waals surface area contributed by atoms with Gasteiger partial charge in [-0.25, -0.2) is 15.0 Å². The monoisotopic (exact) mass is 322 g/mol. The molecule has 4 heteroatoms. The molecule has 4 nitrogen and oxygen atoms in total. The number of H-pyrrole nitrogens is 1. The summed E-state index contributed by atoms with van der Waals surface area (Å²) in [5, 5.41) is 4.52. The highest BCUT2D eigenvalue weighted by Crippen LogP contribution is 2.38. The van der Waals surface area contributed by atoms with Crippen LogP contribution in [0.5, 0.6) is 0 Å². The zero-order chi connectivity index (χ0) is 16.6. The van der Waals surface area contributed by atoms with E-state index in [0.29, 0.717) is 0 Å². The van der Waals surface area contributed by atoms with Gasteiger partial charge in [-0.1, -0.05) is 36.4 Å². The summed E-state index contributed by atoms with van der Waals surface area (Å²) >= 11 is 0. The van der Waals surface area contributed by atoms with Crippen molar-refractivity contribution in [2.24, 2.45) is 9.98 Å². The maximum absolute atomic E-state index is 4.83. The molecular formula is C21H14N4. The van der Waals surface area contributed by atoms with Crippen LogP contribution in [0.1, 0.15) is 0 Å². The van der Waals surface area contributed by atoms with E-state index >= 15 is 0 Å². The Morgan fingerprint density at radius 1 is 0.720 bits per heavy atom. The van der Waals surface area contributed by atoms with Gasteiger partial charge in [-0.2, -0.15) is 0 Å². The Morgan fingerprint density at radius 3 is 2.44 bits per heavy atom. The lowest BCUT2D eigenvalue weighted by Gasteiger charge is -2.01. The van der Waals surface area contributed by atoms with Gasteiger partial charge in [-0.3, -0.25) is 0 Å². The van der Waals surface area contributed by atoms with Crippen molar-refractivity contribution in [1.29, 1.82) is 0 Å². The molecule has 0 spiro atoms. The average molecular weight is 322 g/mol. The van der Waals surface area contributed by atoms with E-state index in [0.717, 1.165) is 22.1 Å². The van der Waals surface area contributed by atoms with Crippen molar-refractivity contribution in [2.75, 3.05) is 0 Å². The van der Waals surface area contributed by atoms with Crippen LogP contribution in [0.4, 0.5) is 11.4 Å². The summed E-state index contributed by atoms with van der Waals surface area (Å²) in [6, 6.07) is 20.8. The van der Waals surface area contributed by atoms with Gasteiger partial charge in [0.1, 0.15) is 0 Å². The van der Waals surface area contributed by atoms with Crippen molar-refractivity contribution in [2.45, 2.75) is 0 Å². The topological polar surface area (TPSA) is 53.4 Å². The molecule has 3 aromatic carbocycles. The maximum atomic E-state index is 4.83. The summed E-state index contributed by atoms with van der Waals surface area (Å²) < 4.78 is 0. The number of imidazole rings is 1. The van der Waals surface area contributed by atoms with Gasteiger partial charge in [0.05, 0.1) is 28.4 Å². The fraction of sp³-hybridized carbons (Fsp3) is 0. The van der Waals surface area contributed by atoms with E-state index in [1.165, 1.54) is 21.6 Å². The summed E-state index contributed by atoms with van der Waals surface area (Å²) in [5.41, 5.74) is 4.48. The van der Waals surface area contributed by atoms with Crippen molar-refractivity contribution < 1.29 is 0 Å². The zero-order valence-electron chi connectivity index (χ0n) is 13.3. The summed E-state index contributed by atoms with van der Waals surface area (Å²) in [5.74, 6) is 0. The maximum Gasteiger partial charge on any atom is 0.0919 e. The Labute approximate surface area is 143 Å². The Kier molecular flexibility index (Phi) is 3.07. The summed E-state index contributed by atoms with van der Waals surface area (Å²) in [4.78, 5) is 15.9. The second-order valence-corrected chi connectivity index (χ2v) is 5.87. The van der Waals surface area contributed by atoms with Gasteiger partial charge in [0, 0.05) is 34.0 Å². The molecule has 1 N–H and O–H groups in total. The molecule has 6 rings (SSSR count). The summed E-state index contributed by atoms with van der Waals surface area (Å²) in [6.07, 6.45) is 5.08. The van der Waals surface area contributed by atoms with Gasteiger partial charge in [0.25, 0.3) is 0 Å². The molecule has 2 aliphatic heterocycles. The van der Waals surface area contributed by atoms with Crippen molar-refractivity contribution in [3.05, 3.63) is 101 Å². The molecule has 0 saturated carbocycles. The van der Waals surface area contributed by atoms with Crippen LogP contribution in [-0.2, 0) is 0 Å². The SMILES string of the molecule is c1c[nH]cn1.c1ccc2c(c1)N=c1ccc3c(c1-2)N=c1ccccc1=3. The van der Waals surface area contributed by atoms with Crippen LogP contribution >= 0.6 is 0 Å². The van der Waals surface area contributed by atoms with E-state index in [9.17, 15) is 0 Å². The van der Waals surface area contributed by atoms with Crippen LogP contribution < -0.4 is 10.7 Å². The second kappa shape index (κ2) is 5.53. The number of aromatic amines is 1. The first-order valence-electron chi connectivity index (χ1n) is 8.14. The van der Waals surface area contributed by atoms with E-state index in [1.54, 1.807) is 18.7 Å². The fourth-order valence-corrected chi connectivity index (χ4v) is 3.32. The number of rotatable bonds is 0. The molecule has 4 aromatic rings. The molecule has 0 atom stereocenters. The van der Waals surface area contributed by atoms with Crippen LogP contribution in [0.15, 0.2) is 89.4 Å². The number of hydrogen-bond acceptors (Lipinski definition) is 3. The third-order valence-electron chi connectivity index (χ3n) is 4.40. The third-order valence-corrected chi connectivity index (χ3v) is 4.40. The Morgan fingerprint density at radius 2 is 1.60 bits per heavy atom. The minimum Gasteiger partial charge on any atom is -0.351 e. The standard InChI is InChI=1S/C18H10N2.C3H4N2/c1-3-7-14-11(5-1)12-9-10-16-17(18(12)20-14)13-6-2-4-8-15(13)19-16;1-2-5-3-4-1/h1-10H;1-3H,(H,4,5). The molecule has 0 saturated heterocycles. The molecule has 25 heavy (non-hydrogen) atoms. The van der Waals surface area contributed by atoms with Crippen LogP contribution in [-0.4, -0.2) is 9.97 Å². The van der Waals surface area contributed by atoms with Crippen molar-refractivity contribution in [3.63, 3.8) is 0 Å². The van der Waals surface area contributed by atoms with Crippen molar-refractivity contribution in [1.82, 2.24) is 9.97 Å². The lowest BCUT2D eigenvalue weighted by atomic mass is 10.0. The Hall–Kier alpha value is -3.53. The molecule has 0 radical (unpaired) electrons. The predicted molar refractivity (Wildman–Crippen MR) is 96.2 cm³/mol. The first kappa shape index (κ1) is 13.9. The number of para-hydroxylation sites is 2. The van der Waals surface area contributed by atoms with Crippen LogP contribution in [0, 0.1) is 10.4 Å². The van der Waals surface area contributed by atoms with Gasteiger partial charge in [-0.05, 0) is 24.3 Å². The Bertz CT molecular complexity index is 1270. The van der Waals surface area contributed by atoms with E-state index in [4.69, 9.17) is 9.98 Å². The normalized spacial score (nSPS) is 11.8. The van der Waals surface area contributed by atoms with E-state index < -0.39 is 0 Å². The minimum absolute atomic E-state index is 1.03. The Balaban J connectivity index is 0.000000244. The number of fused-ring (bicyclic) bond motifs is 6. The predicted octanol–water partition coefficient (Wildman–Crippen LogP) is 3.58. The van der Waals surface area contributed by atoms with E-state index in [2.05, 4.69) is 58.5 Å². The van der Waals surface area contributed by atoms with Gasteiger partial charge < -0.3 is 4.98 Å². The van der Waals surface area contributed by atoms with Gasteiger partial charge in [0.2, 0.25) is 0 Å². The minimum atomic E-state index is 1.03.